The number of hydrogen-bond acceptors (Lipinski definition) is 6. The average Bonchev–Trinajstić information content (AvgIpc) is 2.66. The molecule has 3 N–H and O–H groups in total. The molecule has 0 fully saturated rings. The first-order valence-electron chi connectivity index (χ1n) is 7.62. The third-order valence-corrected chi connectivity index (χ3v) is 3.70. The molecule has 1 amide bonds. The third-order valence-electron chi connectivity index (χ3n) is 3.70. The maximum absolute atomic E-state index is 11.9. The Morgan fingerprint density at radius 2 is 2.04 bits per heavy atom. The molecule has 2 heterocycles. The van der Waals surface area contributed by atoms with E-state index in [1.165, 1.54) is 6.20 Å². The van der Waals surface area contributed by atoms with Crippen LogP contribution in [0.15, 0.2) is 42.6 Å². The van der Waals surface area contributed by atoms with Crippen LogP contribution < -0.4 is 10.1 Å². The minimum Gasteiger partial charge on any atom is -0.505 e. The molecule has 2 aromatic heterocycles. The maximum Gasteiger partial charge on any atom is 0.322 e. The average molecular weight is 353 g/mol. The van der Waals surface area contributed by atoms with E-state index in [0.717, 1.165) is 5.56 Å². The second-order valence-electron chi connectivity index (χ2n) is 5.39. The topological polar surface area (TPSA) is 122 Å². The van der Waals surface area contributed by atoms with Gasteiger partial charge in [0.15, 0.2) is 11.4 Å². The standard InChI is InChI=1S/C18H15N3O5/c1-26-11-4-2-3-10(7-11)13-6-5-12-14(21-13)8-19-16(17(12)24)18(25)20-9-15(22)23/h2-8,24H,9H2,1H3,(H,20,25)(H,22,23). The highest BCUT2D eigenvalue weighted by atomic mass is 16.5. The van der Waals surface area contributed by atoms with Crippen LogP contribution in [0.2, 0.25) is 0 Å². The fourth-order valence-electron chi connectivity index (χ4n) is 2.44. The highest BCUT2D eigenvalue weighted by Gasteiger charge is 2.17. The Kier molecular flexibility index (Phi) is 4.66. The van der Waals surface area contributed by atoms with Gasteiger partial charge in [0.1, 0.15) is 12.3 Å². The van der Waals surface area contributed by atoms with Crippen molar-refractivity contribution in [1.82, 2.24) is 15.3 Å². The quantitative estimate of drug-likeness (QED) is 0.639. The predicted molar refractivity (Wildman–Crippen MR) is 93.2 cm³/mol. The first-order valence-corrected chi connectivity index (χ1v) is 7.62. The van der Waals surface area contributed by atoms with E-state index < -0.39 is 18.4 Å². The summed E-state index contributed by atoms with van der Waals surface area (Å²) in [6.07, 6.45) is 1.36. The summed E-state index contributed by atoms with van der Waals surface area (Å²) in [5.74, 6) is -1.63. The lowest BCUT2D eigenvalue weighted by Crippen LogP contribution is -2.29. The number of pyridine rings is 2. The lowest BCUT2D eigenvalue weighted by molar-refractivity contribution is -0.135. The van der Waals surface area contributed by atoms with Crippen molar-refractivity contribution in [2.75, 3.05) is 13.7 Å². The highest BCUT2D eigenvalue weighted by molar-refractivity contribution is 6.01. The number of carboxylic acid groups (broad SMARTS) is 1. The van der Waals surface area contributed by atoms with Gasteiger partial charge in [0.05, 0.1) is 24.5 Å². The summed E-state index contributed by atoms with van der Waals surface area (Å²) < 4.78 is 5.20. The van der Waals surface area contributed by atoms with Crippen LogP contribution >= 0.6 is 0 Å². The van der Waals surface area contributed by atoms with Crippen LogP contribution in [0.4, 0.5) is 0 Å². The predicted octanol–water partition coefficient (Wildman–Crippen LogP) is 1.83. The molecule has 0 radical (unpaired) electrons. The van der Waals surface area contributed by atoms with E-state index in [1.807, 2.05) is 24.3 Å². The zero-order chi connectivity index (χ0) is 18.7. The summed E-state index contributed by atoms with van der Waals surface area (Å²) in [4.78, 5) is 30.8. The monoisotopic (exact) mass is 353 g/mol. The number of carbonyl (C=O) groups is 2. The number of aliphatic carboxylic acids is 1. The van der Waals surface area contributed by atoms with Crippen molar-refractivity contribution < 1.29 is 24.5 Å². The first kappa shape index (κ1) is 17.2. The number of ether oxygens (including phenoxy) is 1. The lowest BCUT2D eigenvalue weighted by Gasteiger charge is -2.09. The Bertz CT molecular complexity index is 1000. The lowest BCUT2D eigenvalue weighted by atomic mass is 10.1. The van der Waals surface area contributed by atoms with E-state index in [2.05, 4.69) is 15.3 Å². The van der Waals surface area contributed by atoms with Crippen molar-refractivity contribution in [2.45, 2.75) is 0 Å². The van der Waals surface area contributed by atoms with Crippen molar-refractivity contribution in [3.63, 3.8) is 0 Å². The van der Waals surface area contributed by atoms with Gasteiger partial charge in [0, 0.05) is 10.9 Å². The molecule has 0 saturated carbocycles. The van der Waals surface area contributed by atoms with Gasteiger partial charge in [-0.2, -0.15) is 0 Å². The van der Waals surface area contributed by atoms with Gasteiger partial charge in [-0.1, -0.05) is 12.1 Å². The van der Waals surface area contributed by atoms with Gasteiger partial charge < -0.3 is 20.3 Å². The minimum atomic E-state index is -1.19. The molecule has 8 heteroatoms. The molecule has 0 aliphatic rings. The van der Waals surface area contributed by atoms with E-state index in [0.29, 0.717) is 22.3 Å². The summed E-state index contributed by atoms with van der Waals surface area (Å²) in [6.45, 7) is -0.564. The van der Waals surface area contributed by atoms with Crippen molar-refractivity contribution >= 4 is 22.8 Å². The minimum absolute atomic E-state index is 0.255. The fraction of sp³-hybridized carbons (Fsp3) is 0.111. The molecule has 0 bridgehead atoms. The van der Waals surface area contributed by atoms with Crippen molar-refractivity contribution in [2.24, 2.45) is 0 Å². The van der Waals surface area contributed by atoms with Crippen molar-refractivity contribution in [3.05, 3.63) is 48.3 Å². The van der Waals surface area contributed by atoms with E-state index in [-0.39, 0.29) is 11.4 Å². The largest absolute Gasteiger partial charge is 0.505 e. The van der Waals surface area contributed by atoms with Gasteiger partial charge in [0.2, 0.25) is 0 Å². The molecule has 132 valence electrons. The Hall–Kier alpha value is -3.68. The fourth-order valence-corrected chi connectivity index (χ4v) is 2.44. The van der Waals surface area contributed by atoms with Crippen LogP contribution in [0.1, 0.15) is 10.5 Å². The smallest absolute Gasteiger partial charge is 0.322 e. The Morgan fingerprint density at radius 1 is 1.23 bits per heavy atom. The Balaban J connectivity index is 1.98. The zero-order valence-electron chi connectivity index (χ0n) is 13.8. The van der Waals surface area contributed by atoms with Crippen molar-refractivity contribution in [1.29, 1.82) is 0 Å². The van der Waals surface area contributed by atoms with Gasteiger partial charge in [-0.25, -0.2) is 9.97 Å². The van der Waals surface area contributed by atoms with E-state index in [4.69, 9.17) is 9.84 Å². The number of methoxy groups -OCH3 is 1. The molecule has 8 nitrogen and oxygen atoms in total. The van der Waals surface area contributed by atoms with E-state index >= 15 is 0 Å². The Morgan fingerprint density at radius 3 is 2.77 bits per heavy atom. The molecule has 0 aliphatic carbocycles. The maximum atomic E-state index is 11.9. The number of amides is 1. The third kappa shape index (κ3) is 3.39. The number of nitrogens with zero attached hydrogens (tertiary/aromatic N) is 2. The second kappa shape index (κ2) is 7.06. The second-order valence-corrected chi connectivity index (χ2v) is 5.39. The molecule has 3 rings (SSSR count). The number of aromatic nitrogens is 2. The van der Waals surface area contributed by atoms with Gasteiger partial charge in [0.25, 0.3) is 5.91 Å². The molecule has 0 spiro atoms. The summed E-state index contributed by atoms with van der Waals surface area (Å²) in [5, 5.41) is 21.4. The van der Waals surface area contributed by atoms with Crippen LogP contribution in [-0.2, 0) is 4.79 Å². The molecule has 1 aromatic carbocycles. The number of aromatic hydroxyl groups is 1. The van der Waals surface area contributed by atoms with Crippen LogP contribution in [0.3, 0.4) is 0 Å². The summed E-state index contributed by atoms with van der Waals surface area (Å²) in [5.41, 5.74) is 1.63. The van der Waals surface area contributed by atoms with Crippen LogP contribution in [-0.4, -0.2) is 45.7 Å². The number of rotatable bonds is 5. The number of hydrogen-bond donors (Lipinski definition) is 3. The van der Waals surface area contributed by atoms with Gasteiger partial charge >= 0.3 is 5.97 Å². The number of benzene rings is 1. The number of nitrogens with one attached hydrogen (secondary N) is 1. The molecule has 26 heavy (non-hydrogen) atoms. The number of fused-ring (bicyclic) bond motifs is 1. The normalized spacial score (nSPS) is 10.5. The van der Waals surface area contributed by atoms with Gasteiger partial charge in [-0.15, -0.1) is 0 Å². The molecule has 3 aromatic rings. The molecular weight excluding hydrogens is 338 g/mol. The zero-order valence-corrected chi connectivity index (χ0v) is 13.8. The Labute approximate surface area is 148 Å². The molecule has 0 atom stereocenters. The SMILES string of the molecule is COc1cccc(-c2ccc3c(O)c(C(=O)NCC(=O)O)ncc3n2)c1. The van der Waals surface area contributed by atoms with Gasteiger partial charge in [-0.05, 0) is 24.3 Å². The number of carbonyl (C=O) groups excluding carboxylic acids is 1. The van der Waals surface area contributed by atoms with E-state index in [9.17, 15) is 14.7 Å². The highest BCUT2D eigenvalue weighted by Crippen LogP contribution is 2.29. The first-order chi connectivity index (χ1) is 12.5. The molecule has 0 aliphatic heterocycles. The van der Waals surface area contributed by atoms with Crippen LogP contribution in [0, 0.1) is 0 Å². The van der Waals surface area contributed by atoms with Gasteiger partial charge in [-0.3, -0.25) is 9.59 Å². The molecular formula is C18H15N3O5. The summed E-state index contributed by atoms with van der Waals surface area (Å²) >= 11 is 0. The number of carboxylic acids is 1. The summed E-state index contributed by atoms with van der Waals surface area (Å²) in [6, 6.07) is 10.7. The molecule has 0 saturated heterocycles. The molecule has 0 unspecified atom stereocenters. The summed E-state index contributed by atoms with van der Waals surface area (Å²) in [7, 11) is 1.58. The van der Waals surface area contributed by atoms with Crippen molar-refractivity contribution in [3.8, 4) is 22.8 Å². The van der Waals surface area contributed by atoms with Crippen LogP contribution in [0.5, 0.6) is 11.5 Å². The van der Waals surface area contributed by atoms with E-state index in [1.54, 1.807) is 19.2 Å². The van der Waals surface area contributed by atoms with Crippen LogP contribution in [0.25, 0.3) is 22.2 Å².